The van der Waals surface area contributed by atoms with Gasteiger partial charge in [0.25, 0.3) is 0 Å². The summed E-state index contributed by atoms with van der Waals surface area (Å²) in [6.07, 6.45) is 0. The molecule has 3 aromatic heterocycles. The van der Waals surface area contributed by atoms with Crippen LogP contribution in [0.2, 0.25) is 0 Å². The van der Waals surface area contributed by atoms with Crippen molar-refractivity contribution in [3.63, 3.8) is 0 Å². The second kappa shape index (κ2) is 7.41. The van der Waals surface area contributed by atoms with Crippen LogP contribution in [0, 0.1) is 0 Å². The van der Waals surface area contributed by atoms with Crippen LogP contribution in [-0.2, 0) is 0 Å². The summed E-state index contributed by atoms with van der Waals surface area (Å²) in [5.74, 6) is 0. The van der Waals surface area contributed by atoms with Crippen LogP contribution in [0.15, 0.2) is 121 Å². The predicted octanol–water partition coefficient (Wildman–Crippen LogP) is 10.0. The molecule has 38 heavy (non-hydrogen) atoms. The zero-order chi connectivity index (χ0) is 24.8. The molecule has 0 aliphatic carbocycles. The van der Waals surface area contributed by atoms with Crippen LogP contribution < -0.4 is 0 Å². The highest BCUT2D eigenvalue weighted by atomic mass is 32.1. The molecule has 0 N–H and O–H groups in total. The zero-order valence-electron chi connectivity index (χ0n) is 20.3. The molecule has 0 amide bonds. The molecule has 0 spiro atoms. The molecule has 0 atom stereocenters. The third kappa shape index (κ3) is 2.54. The summed E-state index contributed by atoms with van der Waals surface area (Å²) in [5.41, 5.74) is 5.80. The van der Waals surface area contributed by atoms with Crippen LogP contribution >= 0.6 is 11.3 Å². The summed E-state index contributed by atoms with van der Waals surface area (Å²) in [5, 5.41) is 10.1. The SMILES string of the molecule is c1ccc2c(-n3c4ccccc4c4c5ccccc5c5ccccc5c43)c3sc4ccccc4c3nc2c1. The Bertz CT molecular complexity index is 2410. The van der Waals surface area contributed by atoms with E-state index in [-0.39, 0.29) is 0 Å². The molecule has 0 aliphatic heterocycles. The van der Waals surface area contributed by atoms with Gasteiger partial charge in [0, 0.05) is 31.6 Å². The molecule has 176 valence electrons. The van der Waals surface area contributed by atoms with Gasteiger partial charge in [-0.25, -0.2) is 4.98 Å². The second-order valence-electron chi connectivity index (χ2n) is 9.92. The summed E-state index contributed by atoms with van der Waals surface area (Å²) < 4.78 is 5.02. The highest BCUT2D eigenvalue weighted by Crippen LogP contribution is 2.46. The van der Waals surface area contributed by atoms with Gasteiger partial charge in [-0.05, 0) is 34.4 Å². The molecule has 3 heteroatoms. The van der Waals surface area contributed by atoms with Gasteiger partial charge < -0.3 is 4.57 Å². The average molecular weight is 501 g/mol. The van der Waals surface area contributed by atoms with Gasteiger partial charge in [-0.2, -0.15) is 0 Å². The topological polar surface area (TPSA) is 17.8 Å². The van der Waals surface area contributed by atoms with Gasteiger partial charge in [0.15, 0.2) is 0 Å². The largest absolute Gasteiger partial charge is 0.306 e. The Morgan fingerprint density at radius 1 is 0.500 bits per heavy atom. The summed E-state index contributed by atoms with van der Waals surface area (Å²) in [6.45, 7) is 0. The molecule has 0 fully saturated rings. The van der Waals surface area contributed by atoms with Crippen LogP contribution in [0.4, 0.5) is 0 Å². The van der Waals surface area contributed by atoms with Crippen molar-refractivity contribution < 1.29 is 0 Å². The molecule has 9 rings (SSSR count). The first kappa shape index (κ1) is 20.3. The number of thiophene rings is 1. The quantitative estimate of drug-likeness (QED) is 0.205. The van der Waals surface area contributed by atoms with Gasteiger partial charge in [0.1, 0.15) is 0 Å². The number of para-hydroxylation sites is 2. The molecule has 0 bridgehead atoms. The number of pyridine rings is 1. The maximum absolute atomic E-state index is 5.21. The van der Waals surface area contributed by atoms with Crippen LogP contribution in [0.1, 0.15) is 0 Å². The molecule has 6 aromatic carbocycles. The van der Waals surface area contributed by atoms with E-state index >= 15 is 0 Å². The third-order valence-electron chi connectivity index (χ3n) is 7.94. The van der Waals surface area contributed by atoms with Crippen molar-refractivity contribution >= 4 is 85.9 Å². The smallest absolute Gasteiger partial charge is 0.0917 e. The van der Waals surface area contributed by atoms with E-state index < -0.39 is 0 Å². The lowest BCUT2D eigenvalue weighted by atomic mass is 9.97. The maximum atomic E-state index is 5.21. The minimum atomic E-state index is 1.02. The first-order valence-electron chi connectivity index (χ1n) is 12.9. The minimum Gasteiger partial charge on any atom is -0.306 e. The molecule has 0 saturated heterocycles. The predicted molar refractivity (Wildman–Crippen MR) is 164 cm³/mol. The number of rotatable bonds is 1. The van der Waals surface area contributed by atoms with E-state index in [0.29, 0.717) is 0 Å². The lowest BCUT2D eigenvalue weighted by molar-refractivity contribution is 1.22. The first-order chi connectivity index (χ1) is 18.9. The fourth-order valence-corrected chi connectivity index (χ4v) is 7.59. The van der Waals surface area contributed by atoms with Crippen LogP contribution in [-0.4, -0.2) is 9.55 Å². The fraction of sp³-hybridized carbons (Fsp3) is 0. The van der Waals surface area contributed by atoms with Gasteiger partial charge >= 0.3 is 0 Å². The van der Waals surface area contributed by atoms with E-state index in [2.05, 4.69) is 126 Å². The fourth-order valence-electron chi connectivity index (χ4n) is 6.40. The molecule has 0 saturated carbocycles. The highest BCUT2D eigenvalue weighted by molar-refractivity contribution is 7.26. The van der Waals surface area contributed by atoms with E-state index in [0.717, 1.165) is 11.0 Å². The summed E-state index contributed by atoms with van der Waals surface area (Å²) in [7, 11) is 0. The summed E-state index contributed by atoms with van der Waals surface area (Å²) in [4.78, 5) is 5.21. The van der Waals surface area contributed by atoms with Crippen molar-refractivity contribution in [2.45, 2.75) is 0 Å². The van der Waals surface area contributed by atoms with Crippen molar-refractivity contribution in [3.8, 4) is 5.69 Å². The minimum absolute atomic E-state index is 1.02. The van der Waals surface area contributed by atoms with Gasteiger partial charge in [0.2, 0.25) is 0 Å². The van der Waals surface area contributed by atoms with Crippen molar-refractivity contribution in [1.29, 1.82) is 0 Å². The molecular formula is C35H20N2S. The van der Waals surface area contributed by atoms with E-state index in [1.165, 1.54) is 69.2 Å². The van der Waals surface area contributed by atoms with Crippen molar-refractivity contribution in [2.24, 2.45) is 0 Å². The number of hydrogen-bond acceptors (Lipinski definition) is 2. The van der Waals surface area contributed by atoms with Crippen molar-refractivity contribution in [1.82, 2.24) is 9.55 Å². The molecule has 0 radical (unpaired) electrons. The van der Waals surface area contributed by atoms with Crippen LogP contribution in [0.3, 0.4) is 0 Å². The normalized spacial score (nSPS) is 12.2. The van der Waals surface area contributed by atoms with Crippen LogP contribution in [0.5, 0.6) is 0 Å². The third-order valence-corrected chi connectivity index (χ3v) is 9.11. The molecule has 0 aliphatic rings. The van der Waals surface area contributed by atoms with Gasteiger partial charge in [-0.15, -0.1) is 11.3 Å². The summed E-state index contributed by atoms with van der Waals surface area (Å²) in [6, 6.07) is 43.8. The molecule has 3 heterocycles. The standard InChI is InChI=1S/C35H20N2S/c1-3-13-23-21(11-1)22-12-2-4-14-24(22)33-31(23)26-16-6-9-19-29(26)37(33)34-25-15-5-8-18-28(25)36-32-27-17-7-10-20-30(27)38-35(32)34/h1-20H. The Hall–Kier alpha value is -4.73. The van der Waals surface area contributed by atoms with Gasteiger partial charge in [-0.1, -0.05) is 103 Å². The van der Waals surface area contributed by atoms with E-state index in [1.54, 1.807) is 0 Å². The van der Waals surface area contributed by atoms with Gasteiger partial charge in [-0.3, -0.25) is 0 Å². The lowest BCUT2D eigenvalue weighted by Crippen LogP contribution is -1.98. The van der Waals surface area contributed by atoms with Crippen LogP contribution in [0.25, 0.3) is 80.2 Å². The van der Waals surface area contributed by atoms with Crippen molar-refractivity contribution in [2.75, 3.05) is 0 Å². The molecule has 2 nitrogen and oxygen atoms in total. The maximum Gasteiger partial charge on any atom is 0.0917 e. The Morgan fingerprint density at radius 3 is 1.89 bits per heavy atom. The zero-order valence-corrected chi connectivity index (χ0v) is 21.2. The Balaban J connectivity index is 1.64. The second-order valence-corrected chi connectivity index (χ2v) is 11.0. The molecular weight excluding hydrogens is 480 g/mol. The molecule has 9 aromatic rings. The number of hydrogen-bond donors (Lipinski definition) is 0. The first-order valence-corrected chi connectivity index (χ1v) is 13.7. The number of aromatic nitrogens is 2. The average Bonchev–Trinajstić information content (AvgIpc) is 3.52. The van der Waals surface area contributed by atoms with Crippen molar-refractivity contribution in [3.05, 3.63) is 121 Å². The van der Waals surface area contributed by atoms with E-state index in [9.17, 15) is 0 Å². The highest BCUT2D eigenvalue weighted by Gasteiger charge is 2.23. The van der Waals surface area contributed by atoms with E-state index in [1.807, 2.05) is 11.3 Å². The Kier molecular flexibility index (Phi) is 3.96. The van der Waals surface area contributed by atoms with Gasteiger partial charge in [0.05, 0.1) is 32.5 Å². The molecule has 0 unspecified atom stereocenters. The Morgan fingerprint density at radius 2 is 1.08 bits per heavy atom. The summed E-state index contributed by atoms with van der Waals surface area (Å²) >= 11 is 1.84. The van der Waals surface area contributed by atoms with E-state index in [4.69, 9.17) is 4.98 Å². The number of benzene rings is 6. The lowest BCUT2D eigenvalue weighted by Gasteiger charge is -2.15. The monoisotopic (exact) mass is 500 g/mol. The number of fused-ring (bicyclic) bond motifs is 12. The number of nitrogens with zero attached hydrogens (tertiary/aromatic N) is 2. The Labute approximate surface area is 222 Å².